The van der Waals surface area contributed by atoms with Gasteiger partial charge in [-0.25, -0.2) is 12.7 Å². The molecule has 7 heteroatoms. The van der Waals surface area contributed by atoms with Crippen LogP contribution in [0, 0.1) is 12.8 Å². The highest BCUT2D eigenvalue weighted by Gasteiger charge is 2.32. The second kappa shape index (κ2) is 8.42. The van der Waals surface area contributed by atoms with Crippen LogP contribution in [-0.2, 0) is 20.6 Å². The van der Waals surface area contributed by atoms with Crippen molar-refractivity contribution >= 4 is 33.2 Å². The smallest absolute Gasteiger partial charge is 0.228 e. The number of aryl methyl sites for hydroxylation is 1. The third-order valence-electron chi connectivity index (χ3n) is 4.73. The van der Waals surface area contributed by atoms with Crippen LogP contribution in [0.25, 0.3) is 0 Å². The summed E-state index contributed by atoms with van der Waals surface area (Å²) in [6.45, 7) is 2.65. The summed E-state index contributed by atoms with van der Waals surface area (Å²) in [4.78, 5) is 12.6. The third kappa shape index (κ3) is 5.31. The molecule has 1 N–H and O–H groups in total. The van der Waals surface area contributed by atoms with Crippen LogP contribution < -0.4 is 5.32 Å². The molecule has 1 aliphatic rings. The Morgan fingerprint density at radius 2 is 1.81 bits per heavy atom. The molecule has 3 rings (SSSR count). The van der Waals surface area contributed by atoms with Crippen LogP contribution in [0.1, 0.15) is 24.0 Å². The van der Waals surface area contributed by atoms with Crippen molar-refractivity contribution in [2.24, 2.45) is 5.92 Å². The van der Waals surface area contributed by atoms with E-state index in [0.29, 0.717) is 30.0 Å². The second-order valence-corrected chi connectivity index (χ2v) is 9.34. The highest BCUT2D eigenvalue weighted by Crippen LogP contribution is 2.23. The molecule has 1 atom stereocenters. The number of nitrogens with one attached hydrogen (secondary N) is 1. The number of anilines is 1. The van der Waals surface area contributed by atoms with E-state index in [-0.39, 0.29) is 24.1 Å². The summed E-state index contributed by atoms with van der Waals surface area (Å²) in [5, 5.41) is 3.46. The zero-order chi connectivity index (χ0) is 19.4. The van der Waals surface area contributed by atoms with E-state index in [1.807, 2.05) is 31.2 Å². The maximum atomic E-state index is 12.8. The van der Waals surface area contributed by atoms with Gasteiger partial charge in [-0.1, -0.05) is 41.4 Å². The van der Waals surface area contributed by atoms with E-state index in [1.54, 1.807) is 24.3 Å². The largest absolute Gasteiger partial charge is 0.326 e. The molecule has 5 nitrogen and oxygen atoms in total. The van der Waals surface area contributed by atoms with E-state index in [1.165, 1.54) is 4.31 Å². The number of rotatable bonds is 5. The zero-order valence-corrected chi connectivity index (χ0v) is 16.8. The lowest BCUT2D eigenvalue weighted by Gasteiger charge is -2.31. The zero-order valence-electron chi connectivity index (χ0n) is 15.2. The molecule has 0 aromatic heterocycles. The van der Waals surface area contributed by atoms with Gasteiger partial charge in [0.1, 0.15) is 0 Å². The van der Waals surface area contributed by atoms with Gasteiger partial charge in [0, 0.05) is 23.8 Å². The first-order valence-corrected chi connectivity index (χ1v) is 10.9. The van der Waals surface area contributed by atoms with Gasteiger partial charge in [0.25, 0.3) is 0 Å². The fourth-order valence-electron chi connectivity index (χ4n) is 3.17. The monoisotopic (exact) mass is 406 g/mol. The highest BCUT2D eigenvalue weighted by molar-refractivity contribution is 7.88. The van der Waals surface area contributed by atoms with Crippen LogP contribution in [0.4, 0.5) is 5.69 Å². The lowest BCUT2D eigenvalue weighted by molar-refractivity contribution is -0.120. The topological polar surface area (TPSA) is 66.5 Å². The lowest BCUT2D eigenvalue weighted by Crippen LogP contribution is -2.44. The molecule has 1 fully saturated rings. The quantitative estimate of drug-likeness (QED) is 0.820. The van der Waals surface area contributed by atoms with E-state index in [0.717, 1.165) is 11.3 Å². The summed E-state index contributed by atoms with van der Waals surface area (Å²) in [7, 11) is -3.48. The number of carbonyl (C=O) groups excluding carboxylic acids is 1. The number of sulfonamides is 1. The number of halogens is 1. The van der Waals surface area contributed by atoms with Crippen molar-refractivity contribution in [1.82, 2.24) is 4.31 Å². The number of hydrogen-bond donors (Lipinski definition) is 1. The summed E-state index contributed by atoms with van der Waals surface area (Å²) >= 11 is 5.86. The fourth-order valence-corrected chi connectivity index (χ4v) is 4.91. The molecule has 0 unspecified atom stereocenters. The third-order valence-corrected chi connectivity index (χ3v) is 6.80. The van der Waals surface area contributed by atoms with Crippen molar-refractivity contribution in [3.05, 3.63) is 64.7 Å². The molecule has 2 aromatic carbocycles. The van der Waals surface area contributed by atoms with Gasteiger partial charge in [0.05, 0.1) is 11.7 Å². The Balaban J connectivity index is 1.64. The number of amides is 1. The molecule has 0 spiro atoms. The van der Waals surface area contributed by atoms with Crippen molar-refractivity contribution in [2.45, 2.75) is 25.5 Å². The van der Waals surface area contributed by atoms with Crippen LogP contribution in [0.5, 0.6) is 0 Å². The minimum atomic E-state index is -3.48. The Kier molecular flexibility index (Phi) is 6.19. The molecule has 144 valence electrons. The standard InChI is InChI=1S/C20H23ClN2O3S/c1-15-4-10-19(11-5-15)22-20(24)17-3-2-12-23(13-17)27(25,26)14-16-6-8-18(21)9-7-16/h4-11,17H,2-3,12-14H2,1H3,(H,22,24)/t17-/m1/s1. The second-order valence-electron chi connectivity index (χ2n) is 6.94. The maximum Gasteiger partial charge on any atom is 0.228 e. The Morgan fingerprint density at radius 1 is 1.15 bits per heavy atom. The van der Waals surface area contributed by atoms with E-state index in [9.17, 15) is 13.2 Å². The van der Waals surface area contributed by atoms with Gasteiger partial charge in [0.15, 0.2) is 0 Å². The number of benzene rings is 2. The van der Waals surface area contributed by atoms with Crippen LogP contribution in [0.3, 0.4) is 0 Å². The molecule has 1 saturated heterocycles. The van der Waals surface area contributed by atoms with Crippen molar-refractivity contribution in [3.63, 3.8) is 0 Å². The van der Waals surface area contributed by atoms with E-state index in [2.05, 4.69) is 5.32 Å². The first-order valence-electron chi connectivity index (χ1n) is 8.93. The van der Waals surface area contributed by atoms with Gasteiger partial charge in [0.2, 0.25) is 15.9 Å². The lowest BCUT2D eigenvalue weighted by atomic mass is 9.98. The van der Waals surface area contributed by atoms with E-state index in [4.69, 9.17) is 11.6 Å². The van der Waals surface area contributed by atoms with Gasteiger partial charge >= 0.3 is 0 Å². The van der Waals surface area contributed by atoms with Gasteiger partial charge < -0.3 is 5.32 Å². The minimum absolute atomic E-state index is 0.0868. The maximum absolute atomic E-state index is 12.8. The molecule has 1 heterocycles. The molecule has 0 radical (unpaired) electrons. The fraction of sp³-hybridized carbons (Fsp3) is 0.350. The van der Waals surface area contributed by atoms with Crippen molar-refractivity contribution < 1.29 is 13.2 Å². The molecule has 27 heavy (non-hydrogen) atoms. The van der Waals surface area contributed by atoms with Crippen LogP contribution >= 0.6 is 11.6 Å². The molecule has 1 amide bonds. The molecule has 0 bridgehead atoms. The van der Waals surface area contributed by atoms with Gasteiger partial charge in [-0.2, -0.15) is 0 Å². The number of nitrogens with zero attached hydrogens (tertiary/aromatic N) is 1. The molecular formula is C20H23ClN2O3S. The number of piperidine rings is 1. The van der Waals surface area contributed by atoms with Crippen LogP contribution in [-0.4, -0.2) is 31.7 Å². The predicted molar refractivity (Wildman–Crippen MR) is 108 cm³/mol. The molecule has 0 saturated carbocycles. The molecule has 0 aliphatic carbocycles. The van der Waals surface area contributed by atoms with Crippen molar-refractivity contribution in [2.75, 3.05) is 18.4 Å². The van der Waals surface area contributed by atoms with Crippen LogP contribution in [0.15, 0.2) is 48.5 Å². The van der Waals surface area contributed by atoms with E-state index < -0.39 is 10.0 Å². The van der Waals surface area contributed by atoms with Crippen molar-refractivity contribution in [3.8, 4) is 0 Å². The average molecular weight is 407 g/mol. The molecule has 1 aliphatic heterocycles. The summed E-state index contributed by atoms with van der Waals surface area (Å²) in [5.41, 5.74) is 2.53. The highest BCUT2D eigenvalue weighted by atomic mass is 35.5. The Hall–Kier alpha value is -1.89. The summed E-state index contributed by atoms with van der Waals surface area (Å²) in [5.74, 6) is -0.568. The predicted octanol–water partition coefficient (Wildman–Crippen LogP) is 3.83. The molecular weight excluding hydrogens is 384 g/mol. The normalized spacial score (nSPS) is 18.2. The first kappa shape index (κ1) is 19.9. The van der Waals surface area contributed by atoms with E-state index >= 15 is 0 Å². The summed E-state index contributed by atoms with van der Waals surface area (Å²) < 4.78 is 27.0. The van der Waals surface area contributed by atoms with Crippen molar-refractivity contribution in [1.29, 1.82) is 0 Å². The summed E-state index contributed by atoms with van der Waals surface area (Å²) in [6, 6.07) is 14.4. The average Bonchev–Trinajstić information content (AvgIpc) is 2.65. The SMILES string of the molecule is Cc1ccc(NC(=O)[C@@H]2CCCN(S(=O)(=O)Cc3ccc(Cl)cc3)C2)cc1. The molecule has 2 aromatic rings. The van der Waals surface area contributed by atoms with Gasteiger partial charge in [-0.05, 0) is 49.6 Å². The first-order chi connectivity index (χ1) is 12.8. The minimum Gasteiger partial charge on any atom is -0.326 e. The number of hydrogen-bond acceptors (Lipinski definition) is 3. The van der Waals surface area contributed by atoms with Gasteiger partial charge in [-0.3, -0.25) is 4.79 Å². The number of carbonyl (C=O) groups is 1. The Bertz CT molecular complexity index is 896. The Labute approximate surface area is 165 Å². The summed E-state index contributed by atoms with van der Waals surface area (Å²) in [6.07, 6.45) is 1.36. The Morgan fingerprint density at radius 3 is 2.48 bits per heavy atom. The van der Waals surface area contributed by atoms with Crippen LogP contribution in [0.2, 0.25) is 5.02 Å². The van der Waals surface area contributed by atoms with Gasteiger partial charge in [-0.15, -0.1) is 0 Å².